The SMILES string of the molecule is OCCN[C@H](Cc1ccccc1)c1ccccc1O. The van der Waals surface area contributed by atoms with Crippen molar-refractivity contribution in [2.75, 3.05) is 13.2 Å². The van der Waals surface area contributed by atoms with Gasteiger partial charge >= 0.3 is 0 Å². The van der Waals surface area contributed by atoms with E-state index in [1.54, 1.807) is 6.07 Å². The number of hydrogen-bond donors (Lipinski definition) is 3. The molecule has 0 saturated heterocycles. The molecule has 0 aromatic heterocycles. The second-order valence-corrected chi connectivity index (χ2v) is 4.48. The van der Waals surface area contributed by atoms with Gasteiger partial charge in [-0.05, 0) is 18.1 Å². The van der Waals surface area contributed by atoms with Crippen molar-refractivity contribution in [2.24, 2.45) is 0 Å². The Hall–Kier alpha value is -1.84. The van der Waals surface area contributed by atoms with E-state index in [4.69, 9.17) is 5.11 Å². The maximum absolute atomic E-state index is 9.96. The van der Waals surface area contributed by atoms with E-state index in [9.17, 15) is 5.11 Å². The third kappa shape index (κ3) is 3.81. The fourth-order valence-electron chi connectivity index (χ4n) is 2.16. The largest absolute Gasteiger partial charge is 0.508 e. The van der Waals surface area contributed by atoms with Gasteiger partial charge in [0.25, 0.3) is 0 Å². The van der Waals surface area contributed by atoms with Gasteiger partial charge in [0.05, 0.1) is 6.61 Å². The van der Waals surface area contributed by atoms with Gasteiger partial charge in [0.2, 0.25) is 0 Å². The molecule has 19 heavy (non-hydrogen) atoms. The van der Waals surface area contributed by atoms with E-state index in [1.807, 2.05) is 36.4 Å². The van der Waals surface area contributed by atoms with Gasteiger partial charge in [-0.25, -0.2) is 0 Å². The summed E-state index contributed by atoms with van der Waals surface area (Å²) in [6, 6.07) is 17.4. The van der Waals surface area contributed by atoms with Gasteiger partial charge in [-0.3, -0.25) is 0 Å². The molecule has 3 nitrogen and oxygen atoms in total. The highest BCUT2D eigenvalue weighted by Gasteiger charge is 2.14. The van der Waals surface area contributed by atoms with E-state index in [2.05, 4.69) is 17.4 Å². The fourth-order valence-corrected chi connectivity index (χ4v) is 2.16. The van der Waals surface area contributed by atoms with Crippen molar-refractivity contribution in [3.63, 3.8) is 0 Å². The van der Waals surface area contributed by atoms with Crippen LogP contribution in [0.4, 0.5) is 0 Å². The van der Waals surface area contributed by atoms with Crippen molar-refractivity contribution >= 4 is 0 Å². The summed E-state index contributed by atoms with van der Waals surface area (Å²) in [5.74, 6) is 0.286. The standard InChI is InChI=1S/C16H19NO2/c18-11-10-17-15(12-13-6-2-1-3-7-13)14-8-4-5-9-16(14)19/h1-9,15,17-19H,10-12H2/t15-/m1/s1. The minimum Gasteiger partial charge on any atom is -0.508 e. The van der Waals surface area contributed by atoms with Crippen molar-refractivity contribution in [1.82, 2.24) is 5.32 Å². The quantitative estimate of drug-likeness (QED) is 0.744. The molecule has 3 N–H and O–H groups in total. The minimum absolute atomic E-state index is 0.00394. The molecule has 0 unspecified atom stereocenters. The third-order valence-electron chi connectivity index (χ3n) is 3.10. The number of aliphatic hydroxyl groups excluding tert-OH is 1. The number of phenolic OH excluding ortho intramolecular Hbond substituents is 1. The molecule has 100 valence electrons. The Labute approximate surface area is 113 Å². The Bertz CT molecular complexity index is 499. The molecule has 2 rings (SSSR count). The van der Waals surface area contributed by atoms with Crippen molar-refractivity contribution in [3.05, 3.63) is 65.7 Å². The Morgan fingerprint density at radius 3 is 2.32 bits per heavy atom. The molecule has 0 radical (unpaired) electrons. The van der Waals surface area contributed by atoms with Crippen LogP contribution in [0, 0.1) is 0 Å². The van der Waals surface area contributed by atoms with E-state index in [0.29, 0.717) is 6.54 Å². The minimum atomic E-state index is -0.00394. The summed E-state index contributed by atoms with van der Waals surface area (Å²) in [7, 11) is 0. The second-order valence-electron chi connectivity index (χ2n) is 4.48. The Morgan fingerprint density at radius 1 is 0.947 bits per heavy atom. The molecule has 2 aromatic rings. The van der Waals surface area contributed by atoms with Crippen molar-refractivity contribution in [2.45, 2.75) is 12.5 Å². The van der Waals surface area contributed by atoms with Crippen LogP contribution < -0.4 is 5.32 Å². The van der Waals surface area contributed by atoms with E-state index >= 15 is 0 Å². The molecule has 0 aliphatic rings. The summed E-state index contributed by atoms with van der Waals surface area (Å²) in [5.41, 5.74) is 2.06. The smallest absolute Gasteiger partial charge is 0.120 e. The van der Waals surface area contributed by atoms with Gasteiger partial charge in [0, 0.05) is 18.2 Å². The Kier molecular flexibility index (Phi) is 4.95. The second kappa shape index (κ2) is 6.92. The summed E-state index contributed by atoms with van der Waals surface area (Å²) < 4.78 is 0. The Morgan fingerprint density at radius 2 is 1.63 bits per heavy atom. The molecule has 0 bridgehead atoms. The zero-order chi connectivity index (χ0) is 13.5. The first-order chi connectivity index (χ1) is 9.31. The van der Waals surface area contributed by atoms with Gasteiger partial charge in [0.1, 0.15) is 5.75 Å². The molecule has 0 saturated carbocycles. The topological polar surface area (TPSA) is 52.5 Å². The average Bonchev–Trinajstić information content (AvgIpc) is 2.45. The third-order valence-corrected chi connectivity index (χ3v) is 3.10. The highest BCUT2D eigenvalue weighted by Crippen LogP contribution is 2.26. The fraction of sp³-hybridized carbons (Fsp3) is 0.250. The zero-order valence-electron chi connectivity index (χ0n) is 10.8. The normalized spacial score (nSPS) is 12.3. The van der Waals surface area contributed by atoms with Crippen LogP contribution in [0.1, 0.15) is 17.2 Å². The van der Waals surface area contributed by atoms with Gasteiger partial charge in [-0.15, -0.1) is 0 Å². The van der Waals surface area contributed by atoms with E-state index in [-0.39, 0.29) is 18.4 Å². The number of benzene rings is 2. The predicted octanol–water partition coefficient (Wildman–Crippen LogP) is 2.26. The zero-order valence-corrected chi connectivity index (χ0v) is 10.8. The van der Waals surface area contributed by atoms with E-state index in [1.165, 1.54) is 5.56 Å². The highest BCUT2D eigenvalue weighted by atomic mass is 16.3. The van der Waals surface area contributed by atoms with Crippen LogP contribution in [-0.2, 0) is 6.42 Å². The number of rotatable bonds is 6. The maximum atomic E-state index is 9.96. The first-order valence-electron chi connectivity index (χ1n) is 6.47. The summed E-state index contributed by atoms with van der Waals surface area (Å²) in [6.07, 6.45) is 0.776. The van der Waals surface area contributed by atoms with E-state index < -0.39 is 0 Å². The molecule has 0 amide bonds. The monoisotopic (exact) mass is 257 g/mol. The first kappa shape index (κ1) is 13.6. The number of nitrogens with one attached hydrogen (secondary N) is 1. The molecule has 0 heterocycles. The van der Waals surface area contributed by atoms with Crippen LogP contribution in [0.3, 0.4) is 0 Å². The predicted molar refractivity (Wildman–Crippen MR) is 76.1 cm³/mol. The van der Waals surface area contributed by atoms with Gasteiger partial charge < -0.3 is 15.5 Å². The number of aromatic hydroxyl groups is 1. The molecule has 0 aliphatic heterocycles. The maximum Gasteiger partial charge on any atom is 0.120 e. The molecule has 1 atom stereocenters. The lowest BCUT2D eigenvalue weighted by Gasteiger charge is -2.20. The lowest BCUT2D eigenvalue weighted by molar-refractivity contribution is 0.283. The molecule has 0 spiro atoms. The van der Waals surface area contributed by atoms with Gasteiger partial charge in [-0.2, -0.15) is 0 Å². The lowest BCUT2D eigenvalue weighted by atomic mass is 9.98. The Balaban J connectivity index is 2.19. The van der Waals surface area contributed by atoms with Gasteiger partial charge in [0.15, 0.2) is 0 Å². The number of aliphatic hydroxyl groups is 1. The molecule has 2 aromatic carbocycles. The lowest BCUT2D eigenvalue weighted by Crippen LogP contribution is -2.26. The summed E-state index contributed by atoms with van der Waals surface area (Å²) in [4.78, 5) is 0. The number of hydrogen-bond acceptors (Lipinski definition) is 3. The number of phenols is 1. The van der Waals surface area contributed by atoms with Crippen LogP contribution in [0.15, 0.2) is 54.6 Å². The molecule has 0 aliphatic carbocycles. The summed E-state index contributed by atoms with van der Waals surface area (Å²) in [5, 5.41) is 22.2. The van der Waals surface area contributed by atoms with E-state index in [0.717, 1.165) is 12.0 Å². The van der Waals surface area contributed by atoms with Crippen molar-refractivity contribution in [3.8, 4) is 5.75 Å². The molecular weight excluding hydrogens is 238 g/mol. The van der Waals surface area contributed by atoms with Crippen molar-refractivity contribution in [1.29, 1.82) is 0 Å². The summed E-state index contributed by atoms with van der Waals surface area (Å²) >= 11 is 0. The van der Waals surface area contributed by atoms with Crippen LogP contribution in [0.25, 0.3) is 0 Å². The molecule has 3 heteroatoms. The first-order valence-corrected chi connectivity index (χ1v) is 6.47. The highest BCUT2D eigenvalue weighted by molar-refractivity contribution is 5.35. The van der Waals surface area contributed by atoms with Crippen molar-refractivity contribution < 1.29 is 10.2 Å². The molecular formula is C16H19NO2. The summed E-state index contributed by atoms with van der Waals surface area (Å²) in [6.45, 7) is 0.588. The average molecular weight is 257 g/mol. The number of para-hydroxylation sites is 1. The van der Waals surface area contributed by atoms with Crippen LogP contribution in [-0.4, -0.2) is 23.4 Å². The molecule has 0 fully saturated rings. The van der Waals surface area contributed by atoms with Gasteiger partial charge in [-0.1, -0.05) is 48.5 Å². The van der Waals surface area contributed by atoms with Crippen LogP contribution in [0.5, 0.6) is 5.75 Å². The van der Waals surface area contributed by atoms with Crippen LogP contribution in [0.2, 0.25) is 0 Å². The van der Waals surface area contributed by atoms with Crippen LogP contribution >= 0.6 is 0 Å².